The number of hydrogen-bond donors (Lipinski definition) is 1. The Bertz CT molecular complexity index is 552. The van der Waals surface area contributed by atoms with Crippen LogP contribution in [-0.4, -0.2) is 36.6 Å². The fourth-order valence-corrected chi connectivity index (χ4v) is 2.07. The third-order valence-corrected chi connectivity index (χ3v) is 3.17. The molecule has 0 aromatic heterocycles. The van der Waals surface area contributed by atoms with Gasteiger partial charge in [-0.25, -0.2) is 9.59 Å². The smallest absolute Gasteiger partial charge is 0.339 e. The van der Waals surface area contributed by atoms with Crippen molar-refractivity contribution in [1.29, 1.82) is 0 Å². The molecule has 0 radical (unpaired) electrons. The van der Waals surface area contributed by atoms with Gasteiger partial charge >= 0.3 is 11.9 Å². The number of rotatable bonds is 4. The predicted octanol–water partition coefficient (Wildman–Crippen LogP) is 0.324. The van der Waals surface area contributed by atoms with Crippen LogP contribution in [-0.2, 0) is 19.1 Å². The zero-order valence-corrected chi connectivity index (χ0v) is 10.8. The molecule has 1 aromatic carbocycles. The highest BCUT2D eigenvalue weighted by Crippen LogP contribution is 2.43. The lowest BCUT2D eigenvalue weighted by molar-refractivity contribution is -0.384. The fourth-order valence-electron chi connectivity index (χ4n) is 2.07. The minimum Gasteiger partial charge on any atom is -0.467 e. The lowest BCUT2D eigenvalue weighted by Crippen LogP contribution is -2.39. The number of ether oxygens (including phenoxy) is 2. The van der Waals surface area contributed by atoms with E-state index in [-0.39, 0.29) is 5.69 Å². The molecule has 1 N–H and O–H groups in total. The van der Waals surface area contributed by atoms with Gasteiger partial charge in [0.1, 0.15) is 0 Å². The van der Waals surface area contributed by atoms with E-state index in [1.165, 1.54) is 38.5 Å². The number of nitro benzene ring substituents is 1. The molecule has 1 heterocycles. The Hall–Kier alpha value is -2.48. The number of methoxy groups -OCH3 is 2. The van der Waals surface area contributed by atoms with Crippen LogP contribution in [0.3, 0.4) is 0 Å². The van der Waals surface area contributed by atoms with Crippen LogP contribution in [0.2, 0.25) is 0 Å². The number of carbonyl (C=O) groups excluding carboxylic acids is 2. The molecule has 8 nitrogen and oxygen atoms in total. The Morgan fingerprint density at radius 2 is 1.70 bits per heavy atom. The van der Waals surface area contributed by atoms with E-state index in [1.807, 2.05) is 0 Å². The highest BCUT2D eigenvalue weighted by atomic mass is 16.6. The van der Waals surface area contributed by atoms with Crippen LogP contribution >= 0.6 is 0 Å². The molecule has 106 valence electrons. The number of non-ortho nitro benzene ring substituents is 1. The summed E-state index contributed by atoms with van der Waals surface area (Å²) in [6.45, 7) is 0. The normalized spacial score (nSPS) is 19.0. The first-order chi connectivity index (χ1) is 9.47. The molecule has 20 heavy (non-hydrogen) atoms. The molecule has 1 atom stereocenters. The van der Waals surface area contributed by atoms with Crippen molar-refractivity contribution in [3.63, 3.8) is 0 Å². The Balaban J connectivity index is 2.28. The number of nitro groups is 1. The average Bonchev–Trinajstić information content (AvgIpc) is 3.22. The van der Waals surface area contributed by atoms with Crippen molar-refractivity contribution < 1.29 is 24.0 Å². The number of nitrogens with one attached hydrogen (secondary N) is 1. The zero-order valence-electron chi connectivity index (χ0n) is 10.8. The van der Waals surface area contributed by atoms with Gasteiger partial charge in [0, 0.05) is 12.1 Å². The average molecular weight is 280 g/mol. The summed E-state index contributed by atoms with van der Waals surface area (Å²) in [6.07, 6.45) is 0. The molecule has 0 saturated carbocycles. The number of hydrogen-bond acceptors (Lipinski definition) is 7. The number of nitrogens with zero attached hydrogens (tertiary/aromatic N) is 1. The van der Waals surface area contributed by atoms with Crippen molar-refractivity contribution in [3.05, 3.63) is 39.9 Å². The second kappa shape index (κ2) is 4.89. The molecule has 8 heteroatoms. The molecular formula is C12H12N2O6. The first-order valence-electron chi connectivity index (χ1n) is 5.66. The number of benzene rings is 1. The van der Waals surface area contributed by atoms with Crippen LogP contribution in [0.15, 0.2) is 24.3 Å². The van der Waals surface area contributed by atoms with E-state index in [2.05, 4.69) is 14.8 Å². The maximum absolute atomic E-state index is 11.8. The molecule has 0 bridgehead atoms. The van der Waals surface area contributed by atoms with E-state index in [4.69, 9.17) is 0 Å². The minimum absolute atomic E-state index is 0.0730. The predicted molar refractivity (Wildman–Crippen MR) is 65.7 cm³/mol. The topological polar surface area (TPSA) is 118 Å². The Morgan fingerprint density at radius 3 is 2.10 bits per heavy atom. The van der Waals surface area contributed by atoms with Gasteiger partial charge in [0.25, 0.3) is 5.69 Å². The first kappa shape index (κ1) is 13.9. The lowest BCUT2D eigenvalue weighted by atomic mass is 9.99. The summed E-state index contributed by atoms with van der Waals surface area (Å²) < 4.78 is 9.21. The first-order valence-corrected chi connectivity index (χ1v) is 5.66. The van der Waals surface area contributed by atoms with E-state index < -0.39 is 28.4 Å². The molecule has 1 unspecified atom stereocenters. The standard InChI is InChI=1S/C12H12N2O6/c1-19-10(15)12(11(16)20-2)9(13-12)7-3-5-8(6-4-7)14(17)18/h3-6,9,13H,1-2H3. The summed E-state index contributed by atoms with van der Waals surface area (Å²) in [5.74, 6) is -1.51. The van der Waals surface area contributed by atoms with Gasteiger partial charge in [-0.05, 0) is 5.56 Å². The van der Waals surface area contributed by atoms with Gasteiger partial charge in [-0.3, -0.25) is 15.4 Å². The highest BCUT2D eigenvalue weighted by molar-refractivity contribution is 6.10. The zero-order chi connectivity index (χ0) is 14.9. The van der Waals surface area contributed by atoms with Crippen LogP contribution in [0, 0.1) is 10.1 Å². The Kier molecular flexibility index (Phi) is 3.41. The summed E-state index contributed by atoms with van der Waals surface area (Å²) in [5, 5.41) is 13.3. The minimum atomic E-state index is -1.57. The van der Waals surface area contributed by atoms with Crippen molar-refractivity contribution in [2.45, 2.75) is 11.6 Å². The van der Waals surface area contributed by atoms with Gasteiger partial charge in [-0.1, -0.05) is 12.1 Å². The number of carbonyl (C=O) groups is 2. The fraction of sp³-hybridized carbons (Fsp3) is 0.333. The van der Waals surface area contributed by atoms with Crippen molar-refractivity contribution >= 4 is 17.6 Å². The van der Waals surface area contributed by atoms with Crippen molar-refractivity contribution in [3.8, 4) is 0 Å². The maximum atomic E-state index is 11.8. The van der Waals surface area contributed by atoms with Gasteiger partial charge in [0.2, 0.25) is 5.54 Å². The highest BCUT2D eigenvalue weighted by Gasteiger charge is 2.68. The monoisotopic (exact) mass is 280 g/mol. The SMILES string of the molecule is COC(=O)C1(C(=O)OC)NC1c1ccc([N+](=O)[O-])cc1. The molecule has 1 aliphatic rings. The van der Waals surface area contributed by atoms with Crippen molar-refractivity contribution in [1.82, 2.24) is 5.32 Å². The maximum Gasteiger partial charge on any atom is 0.339 e. The molecule has 0 aliphatic carbocycles. The summed E-state index contributed by atoms with van der Waals surface area (Å²) in [7, 11) is 2.33. The molecular weight excluding hydrogens is 268 g/mol. The number of esters is 2. The van der Waals surface area contributed by atoms with E-state index in [9.17, 15) is 19.7 Å². The lowest BCUT2D eigenvalue weighted by Gasteiger charge is -2.10. The summed E-state index contributed by atoms with van der Waals surface area (Å²) in [6, 6.07) is 4.93. The van der Waals surface area contributed by atoms with Crippen LogP contribution in [0.5, 0.6) is 0 Å². The summed E-state index contributed by atoms with van der Waals surface area (Å²) in [5.41, 5.74) is -1.08. The van der Waals surface area contributed by atoms with Gasteiger partial charge < -0.3 is 9.47 Å². The van der Waals surface area contributed by atoms with E-state index in [1.54, 1.807) is 0 Å². The molecule has 0 amide bonds. The van der Waals surface area contributed by atoms with Crippen LogP contribution in [0.1, 0.15) is 11.6 Å². The van der Waals surface area contributed by atoms with Crippen molar-refractivity contribution in [2.75, 3.05) is 14.2 Å². The third kappa shape index (κ3) is 1.99. The quantitative estimate of drug-likeness (QED) is 0.277. The molecule has 2 rings (SSSR count). The van der Waals surface area contributed by atoms with Crippen LogP contribution in [0.25, 0.3) is 0 Å². The van der Waals surface area contributed by atoms with Crippen LogP contribution in [0.4, 0.5) is 5.69 Å². The van der Waals surface area contributed by atoms with Gasteiger partial charge in [-0.15, -0.1) is 0 Å². The largest absolute Gasteiger partial charge is 0.467 e. The van der Waals surface area contributed by atoms with E-state index >= 15 is 0 Å². The Labute approximate surface area is 113 Å². The molecule has 0 spiro atoms. The molecule has 1 fully saturated rings. The van der Waals surface area contributed by atoms with E-state index in [0.29, 0.717) is 5.56 Å². The Morgan fingerprint density at radius 1 is 1.20 bits per heavy atom. The summed E-state index contributed by atoms with van der Waals surface area (Å²) >= 11 is 0. The van der Waals surface area contributed by atoms with Crippen LogP contribution < -0.4 is 5.32 Å². The van der Waals surface area contributed by atoms with Gasteiger partial charge in [0.15, 0.2) is 0 Å². The van der Waals surface area contributed by atoms with E-state index in [0.717, 1.165) is 0 Å². The second-order valence-corrected chi connectivity index (χ2v) is 4.22. The van der Waals surface area contributed by atoms with Gasteiger partial charge in [-0.2, -0.15) is 0 Å². The molecule has 1 saturated heterocycles. The second-order valence-electron chi connectivity index (χ2n) is 4.22. The molecule has 1 aromatic rings. The molecule has 1 aliphatic heterocycles. The summed E-state index contributed by atoms with van der Waals surface area (Å²) in [4.78, 5) is 33.6. The third-order valence-electron chi connectivity index (χ3n) is 3.17. The van der Waals surface area contributed by atoms with Gasteiger partial charge in [0.05, 0.1) is 25.2 Å². The van der Waals surface area contributed by atoms with Crippen molar-refractivity contribution in [2.24, 2.45) is 0 Å².